The van der Waals surface area contributed by atoms with Crippen molar-refractivity contribution in [1.29, 1.82) is 0 Å². The molecule has 0 saturated heterocycles. The Balaban J connectivity index is 1.78. The SMILES string of the molecule is OC[C@H]1C=C[C@@H](NCc2cc(Br)cs2)C1. The van der Waals surface area contributed by atoms with E-state index in [0.717, 1.165) is 17.4 Å². The second-order valence-corrected chi connectivity index (χ2v) is 5.69. The molecule has 0 fully saturated rings. The van der Waals surface area contributed by atoms with Crippen molar-refractivity contribution in [2.45, 2.75) is 19.0 Å². The summed E-state index contributed by atoms with van der Waals surface area (Å²) >= 11 is 5.20. The smallest absolute Gasteiger partial charge is 0.0494 e. The number of halogens is 1. The topological polar surface area (TPSA) is 32.3 Å². The predicted molar refractivity (Wildman–Crippen MR) is 67.0 cm³/mol. The molecule has 82 valence electrons. The van der Waals surface area contributed by atoms with E-state index in [0.29, 0.717) is 12.0 Å². The summed E-state index contributed by atoms with van der Waals surface area (Å²) in [6.45, 7) is 1.17. The average molecular weight is 288 g/mol. The van der Waals surface area contributed by atoms with E-state index in [1.165, 1.54) is 4.88 Å². The van der Waals surface area contributed by atoms with Crippen LogP contribution in [-0.4, -0.2) is 17.8 Å². The number of aliphatic hydroxyl groups excluding tert-OH is 1. The average Bonchev–Trinajstić information content (AvgIpc) is 2.83. The lowest BCUT2D eigenvalue weighted by Crippen LogP contribution is -2.25. The van der Waals surface area contributed by atoms with Crippen molar-refractivity contribution < 1.29 is 5.11 Å². The highest BCUT2D eigenvalue weighted by atomic mass is 79.9. The molecule has 0 bridgehead atoms. The summed E-state index contributed by atoms with van der Waals surface area (Å²) in [4.78, 5) is 1.34. The molecular formula is C11H14BrNOS. The van der Waals surface area contributed by atoms with E-state index < -0.39 is 0 Å². The van der Waals surface area contributed by atoms with Crippen LogP contribution >= 0.6 is 27.3 Å². The number of aliphatic hydroxyl groups is 1. The third-order valence-electron chi connectivity index (χ3n) is 2.57. The predicted octanol–water partition coefficient (Wildman–Crippen LogP) is 2.54. The zero-order valence-corrected chi connectivity index (χ0v) is 10.7. The van der Waals surface area contributed by atoms with Gasteiger partial charge in [0, 0.05) is 39.8 Å². The Bertz CT molecular complexity index is 350. The molecule has 1 aromatic rings. The first-order valence-corrected chi connectivity index (χ1v) is 6.70. The van der Waals surface area contributed by atoms with Crippen molar-refractivity contribution in [2.24, 2.45) is 5.92 Å². The van der Waals surface area contributed by atoms with E-state index in [9.17, 15) is 0 Å². The normalized spacial score (nSPS) is 24.9. The third kappa shape index (κ3) is 3.14. The van der Waals surface area contributed by atoms with Crippen LogP contribution in [0, 0.1) is 5.92 Å². The maximum Gasteiger partial charge on any atom is 0.0494 e. The van der Waals surface area contributed by atoms with Gasteiger partial charge < -0.3 is 10.4 Å². The highest BCUT2D eigenvalue weighted by molar-refractivity contribution is 9.10. The second-order valence-electron chi connectivity index (χ2n) is 3.78. The Morgan fingerprint density at radius 1 is 1.53 bits per heavy atom. The number of hydrogen-bond acceptors (Lipinski definition) is 3. The Morgan fingerprint density at radius 2 is 2.40 bits per heavy atom. The van der Waals surface area contributed by atoms with Crippen LogP contribution in [0.3, 0.4) is 0 Å². The van der Waals surface area contributed by atoms with E-state index in [-0.39, 0.29) is 6.61 Å². The maximum atomic E-state index is 8.99. The van der Waals surface area contributed by atoms with E-state index in [1.807, 2.05) is 0 Å². The van der Waals surface area contributed by atoms with Crippen LogP contribution in [0.1, 0.15) is 11.3 Å². The highest BCUT2D eigenvalue weighted by Gasteiger charge is 2.17. The Hall–Kier alpha value is -0.160. The van der Waals surface area contributed by atoms with Crippen LogP contribution in [0.15, 0.2) is 28.1 Å². The van der Waals surface area contributed by atoms with Gasteiger partial charge in [-0.25, -0.2) is 0 Å². The number of hydrogen-bond donors (Lipinski definition) is 2. The van der Waals surface area contributed by atoms with Crippen molar-refractivity contribution in [3.63, 3.8) is 0 Å². The lowest BCUT2D eigenvalue weighted by Gasteiger charge is -2.11. The Morgan fingerprint density at radius 3 is 3.00 bits per heavy atom. The molecule has 2 rings (SSSR count). The first kappa shape index (κ1) is 11.3. The molecule has 0 radical (unpaired) electrons. The Kier molecular flexibility index (Phi) is 3.97. The largest absolute Gasteiger partial charge is 0.396 e. The van der Waals surface area contributed by atoms with E-state index in [4.69, 9.17) is 5.11 Å². The van der Waals surface area contributed by atoms with Gasteiger partial charge in [0.25, 0.3) is 0 Å². The van der Waals surface area contributed by atoms with E-state index >= 15 is 0 Å². The molecule has 0 unspecified atom stereocenters. The summed E-state index contributed by atoms with van der Waals surface area (Å²) in [5, 5.41) is 14.6. The van der Waals surface area contributed by atoms with Crippen LogP contribution in [0.4, 0.5) is 0 Å². The molecule has 0 aliphatic heterocycles. The van der Waals surface area contributed by atoms with Gasteiger partial charge in [-0.3, -0.25) is 0 Å². The molecular weight excluding hydrogens is 274 g/mol. The van der Waals surface area contributed by atoms with Crippen LogP contribution in [0.5, 0.6) is 0 Å². The minimum Gasteiger partial charge on any atom is -0.396 e. The molecule has 1 heterocycles. The van der Waals surface area contributed by atoms with Crippen LogP contribution in [0.2, 0.25) is 0 Å². The molecule has 2 N–H and O–H groups in total. The van der Waals surface area contributed by atoms with Gasteiger partial charge in [-0.1, -0.05) is 12.2 Å². The molecule has 15 heavy (non-hydrogen) atoms. The van der Waals surface area contributed by atoms with Crippen LogP contribution in [0.25, 0.3) is 0 Å². The quantitative estimate of drug-likeness (QED) is 0.835. The number of nitrogens with one attached hydrogen (secondary N) is 1. The number of thiophene rings is 1. The van der Waals surface area contributed by atoms with Crippen LogP contribution < -0.4 is 5.32 Å². The summed E-state index contributed by atoms with van der Waals surface area (Å²) in [5.74, 6) is 0.345. The monoisotopic (exact) mass is 287 g/mol. The van der Waals surface area contributed by atoms with Gasteiger partial charge in [-0.2, -0.15) is 0 Å². The zero-order chi connectivity index (χ0) is 10.7. The minimum absolute atomic E-state index is 0.263. The molecule has 2 nitrogen and oxygen atoms in total. The van der Waals surface area contributed by atoms with Crippen LogP contribution in [-0.2, 0) is 6.54 Å². The highest BCUT2D eigenvalue weighted by Crippen LogP contribution is 2.21. The summed E-state index contributed by atoms with van der Waals surface area (Å²) in [7, 11) is 0. The van der Waals surface area contributed by atoms with Crippen molar-refractivity contribution in [2.75, 3.05) is 6.61 Å². The molecule has 0 spiro atoms. The van der Waals surface area contributed by atoms with Gasteiger partial charge in [-0.05, 0) is 28.4 Å². The van der Waals surface area contributed by atoms with Crippen molar-refractivity contribution in [3.8, 4) is 0 Å². The number of rotatable bonds is 4. The second kappa shape index (κ2) is 5.25. The fraction of sp³-hybridized carbons (Fsp3) is 0.455. The molecule has 1 aliphatic carbocycles. The van der Waals surface area contributed by atoms with Crippen molar-refractivity contribution >= 4 is 27.3 Å². The third-order valence-corrected chi connectivity index (χ3v) is 4.26. The minimum atomic E-state index is 0.263. The van der Waals surface area contributed by atoms with Gasteiger partial charge in [0.1, 0.15) is 0 Å². The first-order chi connectivity index (χ1) is 7.28. The van der Waals surface area contributed by atoms with E-state index in [2.05, 4.69) is 44.8 Å². The summed E-state index contributed by atoms with van der Waals surface area (Å²) < 4.78 is 1.15. The maximum absolute atomic E-state index is 8.99. The molecule has 0 aromatic carbocycles. The fourth-order valence-corrected chi connectivity index (χ4v) is 3.14. The molecule has 0 saturated carbocycles. The van der Waals surface area contributed by atoms with Gasteiger partial charge in [0.2, 0.25) is 0 Å². The van der Waals surface area contributed by atoms with Crippen molar-refractivity contribution in [3.05, 3.63) is 32.9 Å². The van der Waals surface area contributed by atoms with E-state index in [1.54, 1.807) is 11.3 Å². The van der Waals surface area contributed by atoms with Gasteiger partial charge in [0.05, 0.1) is 0 Å². The zero-order valence-electron chi connectivity index (χ0n) is 8.32. The first-order valence-electron chi connectivity index (χ1n) is 5.03. The molecule has 2 atom stereocenters. The van der Waals surface area contributed by atoms with Gasteiger partial charge >= 0.3 is 0 Å². The fourth-order valence-electron chi connectivity index (χ4n) is 1.74. The lowest BCUT2D eigenvalue weighted by molar-refractivity contribution is 0.246. The summed E-state index contributed by atoms with van der Waals surface area (Å²) in [5.41, 5.74) is 0. The van der Waals surface area contributed by atoms with Crippen molar-refractivity contribution in [1.82, 2.24) is 5.32 Å². The van der Waals surface area contributed by atoms with Gasteiger partial charge in [-0.15, -0.1) is 11.3 Å². The molecule has 1 aliphatic rings. The summed E-state index contributed by atoms with van der Waals surface area (Å²) in [6, 6.07) is 2.56. The molecule has 1 aromatic heterocycles. The summed E-state index contributed by atoms with van der Waals surface area (Å²) in [6.07, 6.45) is 5.27. The van der Waals surface area contributed by atoms with Gasteiger partial charge in [0.15, 0.2) is 0 Å². The lowest BCUT2D eigenvalue weighted by atomic mass is 10.1. The standard InChI is InChI=1S/C11H14BrNOS/c12-9-4-11(15-7-9)5-13-10-2-1-8(3-10)6-14/h1-2,4,7-8,10,13-14H,3,5-6H2/t8-,10+/m0/s1. The molecule has 0 amide bonds. The Labute approximate surface area is 102 Å². The molecule has 4 heteroatoms.